The maximum absolute atomic E-state index is 12.3. The second-order valence-electron chi connectivity index (χ2n) is 6.30. The molecule has 3 aromatic rings. The molecule has 1 aliphatic heterocycles. The topological polar surface area (TPSA) is 63.3 Å². The Morgan fingerprint density at radius 1 is 1.24 bits per heavy atom. The van der Waals surface area contributed by atoms with Crippen LogP contribution in [0.25, 0.3) is 0 Å². The lowest BCUT2D eigenvalue weighted by Gasteiger charge is -2.33. The molecule has 25 heavy (non-hydrogen) atoms. The van der Waals surface area contributed by atoms with Gasteiger partial charge in [-0.15, -0.1) is 0 Å². The van der Waals surface area contributed by atoms with Crippen molar-refractivity contribution in [3.05, 3.63) is 78.0 Å². The Bertz CT molecular complexity index is 826. The van der Waals surface area contributed by atoms with Crippen molar-refractivity contribution in [3.63, 3.8) is 0 Å². The highest BCUT2D eigenvalue weighted by atomic mass is 16.3. The molecule has 1 aliphatic rings. The van der Waals surface area contributed by atoms with Gasteiger partial charge in [0.25, 0.3) is 5.91 Å². The monoisotopic (exact) mass is 336 g/mol. The summed E-state index contributed by atoms with van der Waals surface area (Å²) in [5.41, 5.74) is 2.99. The van der Waals surface area contributed by atoms with Crippen LogP contribution in [0.1, 0.15) is 27.7 Å². The standard InChI is InChI=1S/C19H20N4O2/c24-19(16-4-2-1-3-5-16)20-10-18-13-22(11-15-7-9-25-14-15)12-17-6-8-21-23(17)18/h1-9,14,18H,10-13H2,(H,20,24)/t18-/m1/s1. The number of nitrogens with zero attached hydrogens (tertiary/aromatic N) is 3. The van der Waals surface area contributed by atoms with Gasteiger partial charge in [-0.1, -0.05) is 18.2 Å². The number of aromatic nitrogens is 2. The summed E-state index contributed by atoms with van der Waals surface area (Å²) in [5, 5.41) is 7.47. The molecule has 0 unspecified atom stereocenters. The number of hydrogen-bond donors (Lipinski definition) is 1. The fourth-order valence-corrected chi connectivity index (χ4v) is 3.28. The quantitative estimate of drug-likeness (QED) is 0.777. The highest BCUT2D eigenvalue weighted by molar-refractivity contribution is 5.94. The Hall–Kier alpha value is -2.86. The van der Waals surface area contributed by atoms with E-state index < -0.39 is 0 Å². The summed E-state index contributed by atoms with van der Waals surface area (Å²) < 4.78 is 7.19. The molecule has 6 nitrogen and oxygen atoms in total. The Morgan fingerprint density at radius 3 is 2.92 bits per heavy atom. The summed E-state index contributed by atoms with van der Waals surface area (Å²) in [7, 11) is 0. The Balaban J connectivity index is 1.44. The van der Waals surface area contributed by atoms with Crippen LogP contribution in [0.4, 0.5) is 0 Å². The van der Waals surface area contributed by atoms with Crippen LogP contribution in [0.15, 0.2) is 65.6 Å². The first-order valence-electron chi connectivity index (χ1n) is 8.38. The van der Waals surface area contributed by atoms with Gasteiger partial charge in [-0.25, -0.2) is 0 Å². The molecular weight excluding hydrogens is 316 g/mol. The van der Waals surface area contributed by atoms with Gasteiger partial charge in [-0.2, -0.15) is 5.10 Å². The van der Waals surface area contributed by atoms with Gasteiger partial charge in [-0.05, 0) is 24.3 Å². The summed E-state index contributed by atoms with van der Waals surface area (Å²) in [4.78, 5) is 14.7. The molecule has 3 heterocycles. The normalized spacial score (nSPS) is 17.2. The van der Waals surface area contributed by atoms with Crippen LogP contribution in [-0.4, -0.2) is 33.7 Å². The van der Waals surface area contributed by atoms with Crippen molar-refractivity contribution in [2.75, 3.05) is 13.1 Å². The van der Waals surface area contributed by atoms with E-state index in [-0.39, 0.29) is 11.9 Å². The molecule has 0 spiro atoms. The summed E-state index contributed by atoms with van der Waals surface area (Å²) in [6.45, 7) is 3.04. The molecule has 4 rings (SSSR count). The predicted octanol–water partition coefficient (Wildman–Crippen LogP) is 2.46. The zero-order chi connectivity index (χ0) is 17.1. The largest absolute Gasteiger partial charge is 0.472 e. The van der Waals surface area contributed by atoms with E-state index >= 15 is 0 Å². The first-order chi connectivity index (χ1) is 12.3. The van der Waals surface area contributed by atoms with Crippen molar-refractivity contribution < 1.29 is 9.21 Å². The lowest BCUT2D eigenvalue weighted by molar-refractivity contribution is 0.0932. The van der Waals surface area contributed by atoms with E-state index in [4.69, 9.17) is 4.42 Å². The second kappa shape index (κ2) is 6.94. The van der Waals surface area contributed by atoms with Gasteiger partial charge < -0.3 is 9.73 Å². The van der Waals surface area contributed by atoms with Crippen LogP contribution in [-0.2, 0) is 13.1 Å². The molecule has 1 aromatic carbocycles. The van der Waals surface area contributed by atoms with E-state index in [0.717, 1.165) is 30.9 Å². The lowest BCUT2D eigenvalue weighted by atomic mass is 10.1. The van der Waals surface area contributed by atoms with Crippen LogP contribution < -0.4 is 5.32 Å². The first kappa shape index (κ1) is 15.7. The van der Waals surface area contributed by atoms with Crippen molar-refractivity contribution in [1.29, 1.82) is 0 Å². The van der Waals surface area contributed by atoms with Gasteiger partial charge in [0.2, 0.25) is 0 Å². The molecule has 0 bridgehead atoms. The Morgan fingerprint density at radius 2 is 2.12 bits per heavy atom. The van der Waals surface area contributed by atoms with Crippen LogP contribution in [0.2, 0.25) is 0 Å². The number of nitrogens with one attached hydrogen (secondary N) is 1. The minimum absolute atomic E-state index is 0.0544. The maximum Gasteiger partial charge on any atom is 0.251 e. The molecular formula is C19H20N4O2. The van der Waals surface area contributed by atoms with E-state index in [2.05, 4.69) is 15.3 Å². The number of carbonyl (C=O) groups excluding carboxylic acids is 1. The van der Waals surface area contributed by atoms with Crippen molar-refractivity contribution in [3.8, 4) is 0 Å². The molecule has 128 valence electrons. The highest BCUT2D eigenvalue weighted by Gasteiger charge is 2.26. The number of amides is 1. The molecule has 2 aromatic heterocycles. The molecule has 1 N–H and O–H groups in total. The van der Waals surface area contributed by atoms with E-state index in [1.165, 1.54) is 0 Å². The van der Waals surface area contributed by atoms with Crippen LogP contribution in [0.5, 0.6) is 0 Å². The first-order valence-corrected chi connectivity index (χ1v) is 8.38. The number of fused-ring (bicyclic) bond motifs is 1. The van der Waals surface area contributed by atoms with Crippen molar-refractivity contribution in [1.82, 2.24) is 20.0 Å². The molecule has 0 aliphatic carbocycles. The fraction of sp³-hybridized carbons (Fsp3) is 0.263. The summed E-state index contributed by atoms with van der Waals surface area (Å²) in [6, 6.07) is 13.4. The second-order valence-corrected chi connectivity index (χ2v) is 6.30. The SMILES string of the molecule is O=C(NC[C@@H]1CN(Cc2ccoc2)Cc2ccnn21)c1ccccc1. The fourth-order valence-electron chi connectivity index (χ4n) is 3.28. The molecule has 6 heteroatoms. The average Bonchev–Trinajstić information content (AvgIpc) is 3.32. The van der Waals surface area contributed by atoms with Gasteiger partial charge in [0.05, 0.1) is 24.3 Å². The Labute approximate surface area is 146 Å². The third-order valence-electron chi connectivity index (χ3n) is 4.47. The number of carbonyl (C=O) groups is 1. The number of benzene rings is 1. The predicted molar refractivity (Wildman–Crippen MR) is 92.9 cm³/mol. The molecule has 1 amide bonds. The summed E-state index contributed by atoms with van der Waals surface area (Å²) in [6.07, 6.45) is 5.29. The number of rotatable bonds is 5. The molecule has 0 fully saturated rings. The van der Waals surface area contributed by atoms with Crippen LogP contribution in [0, 0.1) is 0 Å². The van der Waals surface area contributed by atoms with E-state index in [0.29, 0.717) is 12.1 Å². The molecule has 0 saturated carbocycles. The minimum Gasteiger partial charge on any atom is -0.472 e. The number of furan rings is 1. The van der Waals surface area contributed by atoms with Gasteiger partial charge in [0.15, 0.2) is 0 Å². The van der Waals surface area contributed by atoms with Crippen LogP contribution >= 0.6 is 0 Å². The average molecular weight is 336 g/mol. The minimum atomic E-state index is -0.0544. The van der Waals surface area contributed by atoms with Gasteiger partial charge in [0, 0.05) is 43.5 Å². The van der Waals surface area contributed by atoms with E-state index in [1.807, 2.05) is 53.3 Å². The van der Waals surface area contributed by atoms with E-state index in [1.54, 1.807) is 12.5 Å². The van der Waals surface area contributed by atoms with E-state index in [9.17, 15) is 4.79 Å². The molecule has 1 atom stereocenters. The summed E-state index contributed by atoms with van der Waals surface area (Å²) >= 11 is 0. The van der Waals surface area contributed by atoms with Crippen molar-refractivity contribution in [2.24, 2.45) is 0 Å². The van der Waals surface area contributed by atoms with Crippen LogP contribution in [0.3, 0.4) is 0 Å². The van der Waals surface area contributed by atoms with Crippen molar-refractivity contribution in [2.45, 2.75) is 19.1 Å². The molecule has 0 saturated heterocycles. The highest BCUT2D eigenvalue weighted by Crippen LogP contribution is 2.21. The zero-order valence-corrected chi connectivity index (χ0v) is 13.8. The number of hydrogen-bond acceptors (Lipinski definition) is 4. The van der Waals surface area contributed by atoms with Crippen molar-refractivity contribution >= 4 is 5.91 Å². The zero-order valence-electron chi connectivity index (χ0n) is 13.8. The summed E-state index contributed by atoms with van der Waals surface area (Å²) in [5.74, 6) is -0.0544. The smallest absolute Gasteiger partial charge is 0.251 e. The Kier molecular flexibility index (Phi) is 4.35. The van der Waals surface area contributed by atoms with Gasteiger partial charge in [0.1, 0.15) is 0 Å². The molecule has 0 radical (unpaired) electrons. The third-order valence-corrected chi connectivity index (χ3v) is 4.47. The third kappa shape index (κ3) is 3.49. The lowest BCUT2D eigenvalue weighted by Crippen LogP contribution is -2.42. The van der Waals surface area contributed by atoms with Gasteiger partial charge >= 0.3 is 0 Å². The van der Waals surface area contributed by atoms with Gasteiger partial charge in [-0.3, -0.25) is 14.4 Å². The maximum atomic E-state index is 12.3.